The van der Waals surface area contributed by atoms with Crippen LogP contribution in [0.25, 0.3) is 0 Å². The van der Waals surface area contributed by atoms with E-state index >= 15 is 0 Å². The Bertz CT molecular complexity index is 614. The minimum Gasteiger partial charge on any atom is -0.351 e. The second-order valence-corrected chi connectivity index (χ2v) is 7.66. The lowest BCUT2D eigenvalue weighted by atomic mass is 9.94. The van der Waals surface area contributed by atoms with E-state index in [1.807, 2.05) is 27.7 Å². The molecule has 1 saturated heterocycles. The van der Waals surface area contributed by atoms with Gasteiger partial charge in [-0.05, 0) is 64.8 Å². The van der Waals surface area contributed by atoms with Gasteiger partial charge >= 0.3 is 0 Å². The zero-order chi connectivity index (χ0) is 17.9. The highest BCUT2D eigenvalue weighted by atomic mass is 16.6. The highest BCUT2D eigenvalue weighted by Gasteiger charge is 2.27. The molecular formula is C18H27N3O3. The molecule has 1 aliphatic rings. The van der Waals surface area contributed by atoms with E-state index in [0.717, 1.165) is 37.1 Å². The van der Waals surface area contributed by atoms with Crippen molar-refractivity contribution in [3.63, 3.8) is 0 Å². The van der Waals surface area contributed by atoms with E-state index in [9.17, 15) is 14.9 Å². The van der Waals surface area contributed by atoms with Gasteiger partial charge in [-0.15, -0.1) is 0 Å². The first-order valence-electron chi connectivity index (χ1n) is 8.44. The average molecular weight is 333 g/mol. The Balaban J connectivity index is 1.93. The normalized spacial score (nSPS) is 16.8. The van der Waals surface area contributed by atoms with Crippen LogP contribution < -0.4 is 5.32 Å². The standard InChI is InChI=1S/C18H27N3O3/c1-13-5-6-16(21(23)24)11-15(13)12-20-9-7-14(8-10-20)17(22)19-18(2,3)4/h5-6,11,14H,7-10,12H2,1-4H3,(H,19,22). The summed E-state index contributed by atoms with van der Waals surface area (Å²) in [5.74, 6) is 0.195. The monoisotopic (exact) mass is 333 g/mol. The molecule has 1 aromatic rings. The summed E-state index contributed by atoms with van der Waals surface area (Å²) in [4.78, 5) is 25.1. The van der Waals surface area contributed by atoms with Crippen molar-refractivity contribution in [3.8, 4) is 0 Å². The minimum atomic E-state index is -0.355. The van der Waals surface area contributed by atoms with Gasteiger partial charge < -0.3 is 5.32 Å². The molecule has 24 heavy (non-hydrogen) atoms. The third-order valence-corrected chi connectivity index (χ3v) is 4.39. The zero-order valence-corrected chi connectivity index (χ0v) is 15.0. The highest BCUT2D eigenvalue weighted by Crippen LogP contribution is 2.23. The third-order valence-electron chi connectivity index (χ3n) is 4.39. The predicted octanol–water partition coefficient (Wildman–Crippen LogP) is 3.03. The Morgan fingerprint density at radius 2 is 1.96 bits per heavy atom. The number of amides is 1. The smallest absolute Gasteiger partial charge is 0.269 e. The van der Waals surface area contributed by atoms with Crippen LogP contribution in [0.3, 0.4) is 0 Å². The number of piperidine rings is 1. The van der Waals surface area contributed by atoms with Gasteiger partial charge in [-0.1, -0.05) is 6.07 Å². The summed E-state index contributed by atoms with van der Waals surface area (Å²) >= 11 is 0. The van der Waals surface area contributed by atoms with Gasteiger partial charge in [-0.25, -0.2) is 0 Å². The second kappa shape index (κ2) is 7.30. The molecule has 1 fully saturated rings. The summed E-state index contributed by atoms with van der Waals surface area (Å²) in [6.07, 6.45) is 1.66. The summed E-state index contributed by atoms with van der Waals surface area (Å²) in [6, 6.07) is 5.01. The molecule has 0 unspecified atom stereocenters. The van der Waals surface area contributed by atoms with Gasteiger partial charge in [0.25, 0.3) is 5.69 Å². The lowest BCUT2D eigenvalue weighted by molar-refractivity contribution is -0.384. The highest BCUT2D eigenvalue weighted by molar-refractivity contribution is 5.79. The molecule has 6 nitrogen and oxygen atoms in total. The molecule has 1 amide bonds. The fourth-order valence-electron chi connectivity index (χ4n) is 3.01. The molecule has 0 atom stereocenters. The van der Waals surface area contributed by atoms with Gasteiger partial charge in [-0.3, -0.25) is 19.8 Å². The summed E-state index contributed by atoms with van der Waals surface area (Å²) in [5.41, 5.74) is 1.99. The number of hydrogen-bond donors (Lipinski definition) is 1. The number of nitro groups is 1. The lowest BCUT2D eigenvalue weighted by Crippen LogP contribution is -2.46. The zero-order valence-electron chi connectivity index (χ0n) is 15.0. The van der Waals surface area contributed by atoms with E-state index in [0.29, 0.717) is 6.54 Å². The van der Waals surface area contributed by atoms with E-state index in [2.05, 4.69) is 10.2 Å². The molecule has 0 aliphatic carbocycles. The number of rotatable bonds is 4. The van der Waals surface area contributed by atoms with Crippen LogP contribution in [0.1, 0.15) is 44.7 Å². The summed E-state index contributed by atoms with van der Waals surface area (Å²) in [5, 5.41) is 14.0. The molecule has 132 valence electrons. The number of carbonyl (C=O) groups is 1. The van der Waals surface area contributed by atoms with Crippen molar-refractivity contribution in [2.24, 2.45) is 5.92 Å². The van der Waals surface area contributed by atoms with Crippen molar-refractivity contribution >= 4 is 11.6 Å². The number of nitrogens with one attached hydrogen (secondary N) is 1. The van der Waals surface area contributed by atoms with Gasteiger partial charge in [0.1, 0.15) is 0 Å². The van der Waals surface area contributed by atoms with E-state index in [1.54, 1.807) is 18.2 Å². The Labute approximate surface area is 143 Å². The maximum atomic E-state index is 12.2. The SMILES string of the molecule is Cc1ccc([N+](=O)[O-])cc1CN1CCC(C(=O)NC(C)(C)C)CC1. The molecule has 1 heterocycles. The molecule has 1 N–H and O–H groups in total. The molecule has 0 spiro atoms. The topological polar surface area (TPSA) is 75.5 Å². The Morgan fingerprint density at radius 1 is 1.33 bits per heavy atom. The van der Waals surface area contributed by atoms with Crippen molar-refractivity contribution in [2.45, 2.75) is 52.6 Å². The molecule has 0 aromatic heterocycles. The molecule has 0 radical (unpaired) electrons. The number of likely N-dealkylation sites (tertiary alicyclic amines) is 1. The first-order valence-corrected chi connectivity index (χ1v) is 8.44. The number of aryl methyl sites for hydroxylation is 1. The number of carbonyl (C=O) groups excluding carboxylic acids is 1. The number of non-ortho nitro benzene ring substituents is 1. The average Bonchev–Trinajstić information content (AvgIpc) is 2.48. The number of nitrogens with zero attached hydrogens (tertiary/aromatic N) is 2. The van der Waals surface area contributed by atoms with Gasteiger partial charge in [0.15, 0.2) is 0 Å². The summed E-state index contributed by atoms with van der Waals surface area (Å²) in [6.45, 7) is 10.3. The van der Waals surface area contributed by atoms with Crippen LogP contribution in [0.5, 0.6) is 0 Å². The third kappa shape index (κ3) is 5.03. The number of benzene rings is 1. The van der Waals surface area contributed by atoms with Crippen LogP contribution in [0, 0.1) is 23.0 Å². The molecule has 1 aliphatic heterocycles. The van der Waals surface area contributed by atoms with Crippen molar-refractivity contribution in [1.82, 2.24) is 10.2 Å². The molecule has 2 rings (SSSR count). The van der Waals surface area contributed by atoms with E-state index < -0.39 is 0 Å². The molecule has 0 bridgehead atoms. The first-order chi connectivity index (χ1) is 11.2. The quantitative estimate of drug-likeness (QED) is 0.679. The maximum absolute atomic E-state index is 12.2. The second-order valence-electron chi connectivity index (χ2n) is 7.66. The Morgan fingerprint density at radius 3 is 2.50 bits per heavy atom. The van der Waals surface area contributed by atoms with Crippen molar-refractivity contribution in [2.75, 3.05) is 13.1 Å². The summed E-state index contributed by atoms with van der Waals surface area (Å²) in [7, 11) is 0. The van der Waals surface area contributed by atoms with E-state index in [1.165, 1.54) is 0 Å². The number of nitro benzene ring substituents is 1. The van der Waals surface area contributed by atoms with Gasteiger partial charge in [0, 0.05) is 30.1 Å². The van der Waals surface area contributed by atoms with Crippen LogP contribution >= 0.6 is 0 Å². The van der Waals surface area contributed by atoms with Crippen molar-refractivity contribution < 1.29 is 9.72 Å². The minimum absolute atomic E-state index is 0.0617. The van der Waals surface area contributed by atoms with Gasteiger partial charge in [0.05, 0.1) is 4.92 Å². The number of hydrogen-bond acceptors (Lipinski definition) is 4. The molecular weight excluding hydrogens is 306 g/mol. The molecule has 6 heteroatoms. The maximum Gasteiger partial charge on any atom is 0.269 e. The van der Waals surface area contributed by atoms with Crippen LogP contribution in [-0.2, 0) is 11.3 Å². The van der Waals surface area contributed by atoms with Crippen LogP contribution in [0.2, 0.25) is 0 Å². The van der Waals surface area contributed by atoms with Gasteiger partial charge in [0.2, 0.25) is 5.91 Å². The predicted molar refractivity (Wildman–Crippen MR) is 93.7 cm³/mol. The first kappa shape index (κ1) is 18.4. The van der Waals surface area contributed by atoms with Crippen molar-refractivity contribution in [3.05, 3.63) is 39.4 Å². The van der Waals surface area contributed by atoms with Crippen LogP contribution in [0.15, 0.2) is 18.2 Å². The lowest BCUT2D eigenvalue weighted by Gasteiger charge is -2.33. The fraction of sp³-hybridized carbons (Fsp3) is 0.611. The Hall–Kier alpha value is -1.95. The molecule has 0 saturated carbocycles. The Kier molecular flexibility index (Phi) is 5.59. The van der Waals surface area contributed by atoms with E-state index in [4.69, 9.17) is 0 Å². The van der Waals surface area contributed by atoms with Crippen LogP contribution in [0.4, 0.5) is 5.69 Å². The van der Waals surface area contributed by atoms with E-state index in [-0.39, 0.29) is 28.0 Å². The summed E-state index contributed by atoms with van der Waals surface area (Å²) < 4.78 is 0. The molecule has 1 aromatic carbocycles. The fourth-order valence-corrected chi connectivity index (χ4v) is 3.01. The largest absolute Gasteiger partial charge is 0.351 e. The van der Waals surface area contributed by atoms with Gasteiger partial charge in [-0.2, -0.15) is 0 Å². The van der Waals surface area contributed by atoms with Crippen molar-refractivity contribution in [1.29, 1.82) is 0 Å². The van der Waals surface area contributed by atoms with Crippen LogP contribution in [-0.4, -0.2) is 34.4 Å².